The van der Waals surface area contributed by atoms with Crippen molar-refractivity contribution in [3.05, 3.63) is 54.1 Å². The number of ether oxygens (including phenoxy) is 1. The van der Waals surface area contributed by atoms with Crippen LogP contribution in [0, 0.1) is 6.92 Å². The summed E-state index contributed by atoms with van der Waals surface area (Å²) in [6, 6.07) is 13.8. The lowest BCUT2D eigenvalue weighted by atomic mass is 10.2. The lowest BCUT2D eigenvalue weighted by molar-refractivity contribution is -0.122. The number of nitrogens with zero attached hydrogens (tertiary/aromatic N) is 1. The van der Waals surface area contributed by atoms with E-state index in [-0.39, 0.29) is 10.8 Å². The topological polar surface area (TPSA) is 75.7 Å². The zero-order valence-corrected chi connectivity index (χ0v) is 17.0. The number of piperidine rings is 1. The van der Waals surface area contributed by atoms with Crippen LogP contribution in [-0.2, 0) is 14.8 Å². The summed E-state index contributed by atoms with van der Waals surface area (Å²) in [5.41, 5.74) is 1.58. The van der Waals surface area contributed by atoms with Crippen LogP contribution in [0.2, 0.25) is 0 Å². The molecule has 0 saturated carbocycles. The van der Waals surface area contributed by atoms with Crippen molar-refractivity contribution in [2.45, 2.75) is 44.1 Å². The number of rotatable bonds is 6. The minimum Gasteiger partial charge on any atom is -0.481 e. The number of amides is 1. The first-order chi connectivity index (χ1) is 13.4. The quantitative estimate of drug-likeness (QED) is 0.801. The molecule has 150 valence electrons. The molecule has 2 aromatic carbocycles. The van der Waals surface area contributed by atoms with Gasteiger partial charge in [0.2, 0.25) is 10.0 Å². The van der Waals surface area contributed by atoms with Gasteiger partial charge in [-0.2, -0.15) is 4.31 Å². The highest BCUT2D eigenvalue weighted by Gasteiger charge is 2.25. The molecule has 6 nitrogen and oxygen atoms in total. The molecule has 0 aromatic heterocycles. The van der Waals surface area contributed by atoms with Crippen LogP contribution in [0.4, 0.5) is 5.69 Å². The molecule has 28 heavy (non-hydrogen) atoms. The monoisotopic (exact) mass is 402 g/mol. The molecule has 3 rings (SSSR count). The van der Waals surface area contributed by atoms with E-state index in [1.807, 2.05) is 25.1 Å². The fraction of sp³-hybridized carbons (Fsp3) is 0.381. The van der Waals surface area contributed by atoms with Gasteiger partial charge in [0, 0.05) is 18.8 Å². The predicted octanol–water partition coefficient (Wildman–Crippen LogP) is 3.58. The summed E-state index contributed by atoms with van der Waals surface area (Å²) in [4.78, 5) is 12.6. The van der Waals surface area contributed by atoms with E-state index < -0.39 is 16.1 Å². The van der Waals surface area contributed by atoms with Crippen LogP contribution in [0.25, 0.3) is 0 Å². The maximum atomic E-state index is 12.7. The molecule has 2 aromatic rings. The Hall–Kier alpha value is -2.38. The largest absolute Gasteiger partial charge is 0.481 e. The maximum Gasteiger partial charge on any atom is 0.265 e. The van der Waals surface area contributed by atoms with Gasteiger partial charge in [-0.05, 0) is 68.7 Å². The van der Waals surface area contributed by atoms with E-state index in [4.69, 9.17) is 4.74 Å². The number of sulfonamides is 1. The highest BCUT2D eigenvalue weighted by Crippen LogP contribution is 2.22. The van der Waals surface area contributed by atoms with Gasteiger partial charge >= 0.3 is 0 Å². The number of aryl methyl sites for hydroxylation is 1. The minimum atomic E-state index is -3.47. The van der Waals surface area contributed by atoms with E-state index in [1.54, 1.807) is 25.1 Å². The number of carbonyl (C=O) groups is 1. The molecule has 7 heteroatoms. The van der Waals surface area contributed by atoms with Crippen LogP contribution in [0.3, 0.4) is 0 Å². The Morgan fingerprint density at radius 1 is 1.07 bits per heavy atom. The lowest BCUT2D eigenvalue weighted by Gasteiger charge is -2.25. The van der Waals surface area contributed by atoms with Crippen molar-refractivity contribution in [1.82, 2.24) is 4.31 Å². The van der Waals surface area contributed by atoms with Gasteiger partial charge in [0.1, 0.15) is 5.75 Å². The Kier molecular flexibility index (Phi) is 6.36. The molecule has 1 N–H and O–H groups in total. The summed E-state index contributed by atoms with van der Waals surface area (Å²) in [5, 5.41) is 2.76. The van der Waals surface area contributed by atoms with Crippen LogP contribution < -0.4 is 10.1 Å². The highest BCUT2D eigenvalue weighted by molar-refractivity contribution is 7.89. The highest BCUT2D eigenvalue weighted by atomic mass is 32.2. The Morgan fingerprint density at radius 2 is 1.75 bits per heavy atom. The van der Waals surface area contributed by atoms with E-state index >= 15 is 0 Å². The third-order valence-corrected chi connectivity index (χ3v) is 6.66. The van der Waals surface area contributed by atoms with Crippen molar-refractivity contribution in [2.24, 2.45) is 0 Å². The van der Waals surface area contributed by atoms with Crippen molar-refractivity contribution in [3.8, 4) is 5.75 Å². The number of nitrogens with one attached hydrogen (secondary N) is 1. The van der Waals surface area contributed by atoms with Crippen molar-refractivity contribution in [1.29, 1.82) is 0 Å². The standard InChI is InChI=1S/C21H26N2O4S/c1-16-7-6-8-19(15-16)27-17(2)21(24)22-18-9-11-20(12-10-18)28(25,26)23-13-4-3-5-14-23/h6-12,15,17H,3-5,13-14H2,1-2H3,(H,22,24). The Morgan fingerprint density at radius 3 is 2.39 bits per heavy atom. The van der Waals surface area contributed by atoms with Crippen LogP contribution in [-0.4, -0.2) is 37.8 Å². The lowest BCUT2D eigenvalue weighted by Crippen LogP contribution is -2.35. The fourth-order valence-electron chi connectivity index (χ4n) is 3.15. The van der Waals surface area contributed by atoms with Gasteiger partial charge < -0.3 is 10.1 Å². The minimum absolute atomic E-state index is 0.247. The third-order valence-electron chi connectivity index (χ3n) is 4.75. The van der Waals surface area contributed by atoms with Gasteiger partial charge in [0.25, 0.3) is 5.91 Å². The molecule has 1 atom stereocenters. The van der Waals surface area contributed by atoms with Crippen molar-refractivity contribution in [3.63, 3.8) is 0 Å². The second-order valence-electron chi connectivity index (χ2n) is 7.05. The van der Waals surface area contributed by atoms with Gasteiger partial charge in [-0.25, -0.2) is 8.42 Å². The van der Waals surface area contributed by atoms with E-state index in [9.17, 15) is 13.2 Å². The zero-order valence-electron chi connectivity index (χ0n) is 16.2. The molecule has 1 fully saturated rings. The van der Waals surface area contributed by atoms with Gasteiger partial charge in [0.05, 0.1) is 4.90 Å². The number of hydrogen-bond donors (Lipinski definition) is 1. The molecular formula is C21H26N2O4S. The van der Waals surface area contributed by atoms with Gasteiger partial charge in [0.15, 0.2) is 6.10 Å². The third kappa shape index (κ3) is 4.91. The van der Waals surface area contributed by atoms with Crippen LogP contribution in [0.15, 0.2) is 53.4 Å². The summed E-state index contributed by atoms with van der Waals surface area (Å²) < 4.78 is 32.6. The molecule has 0 aliphatic carbocycles. The van der Waals surface area contributed by atoms with Crippen LogP contribution >= 0.6 is 0 Å². The summed E-state index contributed by atoms with van der Waals surface area (Å²) >= 11 is 0. The number of anilines is 1. The Labute approximate surface area is 166 Å². The van der Waals surface area contributed by atoms with Gasteiger partial charge in [-0.3, -0.25) is 4.79 Å². The molecule has 0 bridgehead atoms. The second-order valence-corrected chi connectivity index (χ2v) is 8.99. The summed E-state index contributed by atoms with van der Waals surface area (Å²) in [6.07, 6.45) is 2.18. The molecule has 1 aliphatic rings. The number of hydrogen-bond acceptors (Lipinski definition) is 4. The molecule has 1 saturated heterocycles. The predicted molar refractivity (Wildman–Crippen MR) is 109 cm³/mol. The molecule has 1 amide bonds. The van der Waals surface area contributed by atoms with Gasteiger partial charge in [-0.1, -0.05) is 18.6 Å². The fourth-order valence-corrected chi connectivity index (χ4v) is 4.67. The molecule has 0 radical (unpaired) electrons. The smallest absolute Gasteiger partial charge is 0.265 e. The van der Waals surface area contributed by atoms with E-state index in [0.717, 1.165) is 24.8 Å². The molecule has 1 heterocycles. The SMILES string of the molecule is Cc1cccc(OC(C)C(=O)Nc2ccc(S(=O)(=O)N3CCCCC3)cc2)c1. The van der Waals surface area contributed by atoms with E-state index in [2.05, 4.69) is 5.32 Å². The average Bonchev–Trinajstić information content (AvgIpc) is 2.69. The first-order valence-corrected chi connectivity index (χ1v) is 10.9. The first kappa shape index (κ1) is 20.4. The van der Waals surface area contributed by atoms with Crippen molar-refractivity contribution < 1.29 is 17.9 Å². The second kappa shape index (κ2) is 8.75. The normalized spacial score (nSPS) is 16.4. The van der Waals surface area contributed by atoms with Gasteiger partial charge in [-0.15, -0.1) is 0 Å². The summed E-state index contributed by atoms with van der Waals surface area (Å²) in [5.74, 6) is 0.332. The zero-order chi connectivity index (χ0) is 20.1. The van der Waals surface area contributed by atoms with Crippen molar-refractivity contribution >= 4 is 21.6 Å². The Balaban J connectivity index is 1.62. The molecule has 0 spiro atoms. The first-order valence-electron chi connectivity index (χ1n) is 9.51. The van der Waals surface area contributed by atoms with Crippen molar-refractivity contribution in [2.75, 3.05) is 18.4 Å². The van der Waals surface area contributed by atoms with Crippen LogP contribution in [0.1, 0.15) is 31.7 Å². The van der Waals surface area contributed by atoms with E-state index in [0.29, 0.717) is 24.5 Å². The summed E-state index contributed by atoms with van der Waals surface area (Å²) in [7, 11) is -3.47. The summed E-state index contributed by atoms with van der Waals surface area (Å²) in [6.45, 7) is 4.76. The Bertz CT molecular complexity index is 920. The molecule has 1 aliphatic heterocycles. The number of benzene rings is 2. The molecular weight excluding hydrogens is 376 g/mol. The van der Waals surface area contributed by atoms with E-state index in [1.165, 1.54) is 16.4 Å². The number of carbonyl (C=O) groups excluding carboxylic acids is 1. The molecule has 1 unspecified atom stereocenters. The van der Waals surface area contributed by atoms with Crippen LogP contribution in [0.5, 0.6) is 5.75 Å². The maximum absolute atomic E-state index is 12.7. The average molecular weight is 403 g/mol.